The van der Waals surface area contributed by atoms with Crippen molar-refractivity contribution < 1.29 is 4.79 Å². The standard InChI is InChI=1S/C13H25N3O/c1-3-13(6-4-7-14-13)12(17)16-9-5-8-15(2)10-11-16/h14H,3-11H2,1-2H3. The van der Waals surface area contributed by atoms with Gasteiger partial charge in [-0.25, -0.2) is 0 Å². The van der Waals surface area contributed by atoms with Gasteiger partial charge in [0.15, 0.2) is 0 Å². The maximum atomic E-state index is 12.7. The van der Waals surface area contributed by atoms with Gasteiger partial charge in [-0.15, -0.1) is 0 Å². The fourth-order valence-electron chi connectivity index (χ4n) is 2.99. The molecule has 4 heteroatoms. The summed E-state index contributed by atoms with van der Waals surface area (Å²) in [5.74, 6) is 0.341. The van der Waals surface area contributed by atoms with Crippen LogP contribution in [-0.2, 0) is 4.79 Å². The lowest BCUT2D eigenvalue weighted by Crippen LogP contribution is -2.55. The van der Waals surface area contributed by atoms with E-state index in [0.29, 0.717) is 5.91 Å². The molecule has 1 N–H and O–H groups in total. The van der Waals surface area contributed by atoms with Crippen LogP contribution in [0.15, 0.2) is 0 Å². The van der Waals surface area contributed by atoms with Crippen molar-refractivity contribution in [3.8, 4) is 0 Å². The Morgan fingerprint density at radius 2 is 2.06 bits per heavy atom. The molecule has 4 nitrogen and oxygen atoms in total. The normalized spacial score (nSPS) is 31.5. The van der Waals surface area contributed by atoms with E-state index in [4.69, 9.17) is 0 Å². The van der Waals surface area contributed by atoms with E-state index in [1.54, 1.807) is 0 Å². The van der Waals surface area contributed by atoms with Crippen LogP contribution in [0.5, 0.6) is 0 Å². The Morgan fingerprint density at radius 1 is 1.24 bits per heavy atom. The zero-order valence-corrected chi connectivity index (χ0v) is 11.2. The minimum Gasteiger partial charge on any atom is -0.340 e. The van der Waals surface area contributed by atoms with Gasteiger partial charge in [-0.05, 0) is 45.8 Å². The van der Waals surface area contributed by atoms with Crippen molar-refractivity contribution in [2.45, 2.75) is 38.1 Å². The molecule has 1 unspecified atom stereocenters. The molecule has 17 heavy (non-hydrogen) atoms. The molecule has 0 spiro atoms. The summed E-state index contributed by atoms with van der Waals surface area (Å²) >= 11 is 0. The van der Waals surface area contributed by atoms with Gasteiger partial charge in [0.2, 0.25) is 5.91 Å². The number of nitrogens with zero attached hydrogens (tertiary/aromatic N) is 2. The molecule has 1 atom stereocenters. The Labute approximate surface area is 104 Å². The number of hydrogen-bond acceptors (Lipinski definition) is 3. The van der Waals surface area contributed by atoms with Gasteiger partial charge in [-0.3, -0.25) is 4.79 Å². The lowest BCUT2D eigenvalue weighted by atomic mass is 9.92. The predicted octanol–water partition coefficient (Wildman–Crippen LogP) is 0.683. The number of nitrogens with one attached hydrogen (secondary N) is 1. The number of likely N-dealkylation sites (N-methyl/N-ethyl adjacent to an activating group) is 1. The molecule has 0 aromatic carbocycles. The number of carbonyl (C=O) groups excluding carboxylic acids is 1. The van der Waals surface area contributed by atoms with E-state index < -0.39 is 0 Å². The first-order valence-electron chi connectivity index (χ1n) is 6.91. The fraction of sp³-hybridized carbons (Fsp3) is 0.923. The third-order valence-corrected chi connectivity index (χ3v) is 4.26. The molecular weight excluding hydrogens is 214 g/mol. The molecule has 2 aliphatic heterocycles. The largest absolute Gasteiger partial charge is 0.340 e. The summed E-state index contributed by atoms with van der Waals surface area (Å²) in [5, 5.41) is 3.44. The van der Waals surface area contributed by atoms with Gasteiger partial charge in [-0.1, -0.05) is 6.92 Å². The predicted molar refractivity (Wildman–Crippen MR) is 69.0 cm³/mol. The van der Waals surface area contributed by atoms with Crippen LogP contribution in [0, 0.1) is 0 Å². The van der Waals surface area contributed by atoms with Crippen molar-refractivity contribution in [1.29, 1.82) is 0 Å². The van der Waals surface area contributed by atoms with Crippen LogP contribution < -0.4 is 5.32 Å². The van der Waals surface area contributed by atoms with E-state index in [1.807, 2.05) is 0 Å². The van der Waals surface area contributed by atoms with Crippen LogP contribution in [0.1, 0.15) is 32.6 Å². The third kappa shape index (κ3) is 2.63. The molecule has 0 aromatic heterocycles. The van der Waals surface area contributed by atoms with Crippen molar-refractivity contribution in [1.82, 2.24) is 15.1 Å². The lowest BCUT2D eigenvalue weighted by Gasteiger charge is -2.33. The third-order valence-electron chi connectivity index (χ3n) is 4.26. The molecule has 1 amide bonds. The molecular formula is C13H25N3O. The van der Waals surface area contributed by atoms with Gasteiger partial charge < -0.3 is 15.1 Å². The Balaban J connectivity index is 2.02. The number of hydrogen-bond donors (Lipinski definition) is 1. The van der Waals surface area contributed by atoms with Gasteiger partial charge in [0, 0.05) is 19.6 Å². The summed E-state index contributed by atoms with van der Waals surface area (Å²) in [6, 6.07) is 0. The fourth-order valence-corrected chi connectivity index (χ4v) is 2.99. The Kier molecular flexibility index (Phi) is 4.05. The number of carbonyl (C=O) groups is 1. The highest BCUT2D eigenvalue weighted by Gasteiger charge is 2.41. The number of rotatable bonds is 2. The molecule has 2 aliphatic rings. The summed E-state index contributed by atoms with van der Waals surface area (Å²) in [6.07, 6.45) is 4.15. The highest BCUT2D eigenvalue weighted by atomic mass is 16.2. The van der Waals surface area contributed by atoms with E-state index in [2.05, 4.69) is 29.1 Å². The van der Waals surface area contributed by atoms with E-state index in [9.17, 15) is 4.79 Å². The first kappa shape index (κ1) is 12.8. The topological polar surface area (TPSA) is 35.6 Å². The van der Waals surface area contributed by atoms with Crippen LogP contribution in [0.2, 0.25) is 0 Å². The monoisotopic (exact) mass is 239 g/mol. The maximum Gasteiger partial charge on any atom is 0.242 e. The summed E-state index contributed by atoms with van der Waals surface area (Å²) in [7, 11) is 2.14. The maximum absolute atomic E-state index is 12.7. The second-order valence-corrected chi connectivity index (χ2v) is 5.42. The van der Waals surface area contributed by atoms with E-state index in [1.165, 1.54) is 0 Å². The SMILES string of the molecule is CCC1(C(=O)N2CCCN(C)CC2)CCCN1. The molecule has 0 aromatic rings. The Bertz CT molecular complexity index is 274. The van der Waals surface area contributed by atoms with Crippen molar-refractivity contribution in [3.63, 3.8) is 0 Å². The minimum atomic E-state index is -0.247. The van der Waals surface area contributed by atoms with E-state index in [-0.39, 0.29) is 5.54 Å². The molecule has 0 bridgehead atoms. The highest BCUT2D eigenvalue weighted by molar-refractivity contribution is 5.86. The van der Waals surface area contributed by atoms with Crippen LogP contribution in [0.4, 0.5) is 0 Å². The van der Waals surface area contributed by atoms with Gasteiger partial charge in [-0.2, -0.15) is 0 Å². The molecule has 98 valence electrons. The molecule has 0 saturated carbocycles. The van der Waals surface area contributed by atoms with Crippen LogP contribution >= 0.6 is 0 Å². The van der Waals surface area contributed by atoms with Crippen LogP contribution in [0.3, 0.4) is 0 Å². The summed E-state index contributed by atoms with van der Waals surface area (Å²) in [5.41, 5.74) is -0.247. The first-order valence-corrected chi connectivity index (χ1v) is 6.91. The van der Waals surface area contributed by atoms with Crippen molar-refractivity contribution in [2.24, 2.45) is 0 Å². The van der Waals surface area contributed by atoms with Crippen molar-refractivity contribution in [2.75, 3.05) is 39.8 Å². The van der Waals surface area contributed by atoms with Crippen molar-refractivity contribution in [3.05, 3.63) is 0 Å². The summed E-state index contributed by atoms with van der Waals surface area (Å²) < 4.78 is 0. The van der Waals surface area contributed by atoms with Crippen LogP contribution in [-0.4, -0.2) is 61.0 Å². The zero-order chi connectivity index (χ0) is 12.3. The molecule has 2 rings (SSSR count). The van der Waals surface area contributed by atoms with Gasteiger partial charge in [0.25, 0.3) is 0 Å². The van der Waals surface area contributed by atoms with E-state index in [0.717, 1.165) is 58.4 Å². The Morgan fingerprint density at radius 3 is 2.71 bits per heavy atom. The number of amides is 1. The first-order chi connectivity index (χ1) is 8.18. The molecule has 2 saturated heterocycles. The zero-order valence-electron chi connectivity index (χ0n) is 11.2. The highest BCUT2D eigenvalue weighted by Crippen LogP contribution is 2.25. The van der Waals surface area contributed by atoms with Crippen LogP contribution in [0.25, 0.3) is 0 Å². The smallest absolute Gasteiger partial charge is 0.242 e. The average molecular weight is 239 g/mol. The Hall–Kier alpha value is -0.610. The molecule has 0 radical (unpaired) electrons. The van der Waals surface area contributed by atoms with Gasteiger partial charge in [0.1, 0.15) is 0 Å². The lowest BCUT2D eigenvalue weighted by molar-refractivity contribution is -0.137. The molecule has 2 fully saturated rings. The summed E-state index contributed by atoms with van der Waals surface area (Å²) in [4.78, 5) is 17.0. The van der Waals surface area contributed by atoms with Crippen molar-refractivity contribution >= 4 is 5.91 Å². The molecule has 2 heterocycles. The quantitative estimate of drug-likeness (QED) is 0.770. The summed E-state index contributed by atoms with van der Waals surface area (Å²) in [6.45, 7) is 7.04. The van der Waals surface area contributed by atoms with Gasteiger partial charge >= 0.3 is 0 Å². The second-order valence-electron chi connectivity index (χ2n) is 5.42. The average Bonchev–Trinajstić information content (AvgIpc) is 2.73. The molecule has 0 aliphatic carbocycles. The van der Waals surface area contributed by atoms with Gasteiger partial charge in [0.05, 0.1) is 5.54 Å². The minimum absolute atomic E-state index is 0.247. The van der Waals surface area contributed by atoms with E-state index >= 15 is 0 Å². The second kappa shape index (κ2) is 5.36.